The third-order valence-electron chi connectivity index (χ3n) is 7.81. The maximum atomic E-state index is 5.02. The van der Waals surface area contributed by atoms with E-state index >= 15 is 0 Å². The van der Waals surface area contributed by atoms with E-state index in [4.69, 9.17) is 19.9 Å². The number of rotatable bonds is 1. The van der Waals surface area contributed by atoms with Gasteiger partial charge in [-0.05, 0) is 29.6 Å². The van der Waals surface area contributed by atoms with Crippen LogP contribution in [0.15, 0.2) is 54.9 Å². The zero-order valence-corrected chi connectivity index (χ0v) is 23.9. The number of fused-ring (bicyclic) bond motifs is 5. The minimum atomic E-state index is -0.207. The molecule has 0 bridgehead atoms. The molecule has 0 atom stereocenters. The molecular weight excluding hydrogens is 480 g/mol. The fourth-order valence-electron chi connectivity index (χ4n) is 5.83. The molecule has 0 aliphatic carbocycles. The Kier molecular flexibility index (Phi) is 4.71. The summed E-state index contributed by atoms with van der Waals surface area (Å²) < 4.78 is 4.58. The topological polar surface area (TPSA) is 59.9 Å². The first-order valence-electron chi connectivity index (χ1n) is 13.6. The Bertz CT molecular complexity index is 2070. The molecule has 7 rings (SSSR count). The van der Waals surface area contributed by atoms with Gasteiger partial charge in [0, 0.05) is 38.6 Å². The van der Waals surface area contributed by atoms with E-state index in [2.05, 4.69) is 113 Å². The number of aryl methyl sites for hydroxylation is 2. The van der Waals surface area contributed by atoms with E-state index in [9.17, 15) is 0 Å². The van der Waals surface area contributed by atoms with Gasteiger partial charge in [-0.3, -0.25) is 0 Å². The lowest BCUT2D eigenvalue weighted by Crippen LogP contribution is -2.30. The zero-order chi connectivity index (χ0) is 27.4. The SMILES string of the molecule is Cc1ccc2c3ccccc3n3c4cc(-c5nc(C(C)(C)C)nc(C(C)(C)C)n5)cc5nc[n+](C)c(c1c23)c54. The van der Waals surface area contributed by atoms with Gasteiger partial charge in [-0.25, -0.2) is 19.5 Å². The van der Waals surface area contributed by atoms with Crippen molar-refractivity contribution in [2.75, 3.05) is 0 Å². The highest BCUT2D eigenvalue weighted by atomic mass is 15.1. The van der Waals surface area contributed by atoms with Crippen molar-refractivity contribution in [3.8, 4) is 11.4 Å². The molecule has 0 N–H and O–H groups in total. The lowest BCUT2D eigenvalue weighted by Gasteiger charge is -2.22. The molecule has 194 valence electrons. The number of benzene rings is 3. The van der Waals surface area contributed by atoms with Gasteiger partial charge in [0.05, 0.1) is 29.0 Å². The molecule has 0 aliphatic rings. The van der Waals surface area contributed by atoms with Crippen LogP contribution in [0, 0.1) is 6.92 Å². The number of nitrogens with zero attached hydrogens (tertiary/aromatic N) is 6. The van der Waals surface area contributed by atoms with Gasteiger partial charge in [-0.2, -0.15) is 0 Å². The fourth-order valence-corrected chi connectivity index (χ4v) is 5.83. The standard InChI is InChI=1S/C33H33N6/c1-18-13-14-21-20-11-9-10-12-23(20)39-24-16-19(15-22-26(24)28(25(18)27(21)39)38(8)17-34-22)29-35-30(32(2,3)4)37-31(36-29)33(5,6)7/h9-17H,1-8H3/q+1. The molecule has 6 nitrogen and oxygen atoms in total. The summed E-state index contributed by atoms with van der Waals surface area (Å²) in [6.45, 7) is 15.1. The summed E-state index contributed by atoms with van der Waals surface area (Å²) >= 11 is 0. The first-order valence-corrected chi connectivity index (χ1v) is 13.6. The van der Waals surface area contributed by atoms with Gasteiger partial charge < -0.3 is 4.40 Å². The second-order valence-electron chi connectivity index (χ2n) is 12.9. The molecule has 0 saturated carbocycles. The highest BCUT2D eigenvalue weighted by Crippen LogP contribution is 2.41. The normalized spacial score (nSPS) is 13.1. The van der Waals surface area contributed by atoms with E-state index in [0.29, 0.717) is 5.82 Å². The lowest BCUT2D eigenvalue weighted by molar-refractivity contribution is -0.646. The molecular formula is C33H33N6+. The maximum Gasteiger partial charge on any atom is 0.287 e. The monoisotopic (exact) mass is 513 g/mol. The summed E-state index contributed by atoms with van der Waals surface area (Å²) in [5, 5.41) is 4.93. The molecule has 39 heavy (non-hydrogen) atoms. The number of aromatic nitrogens is 6. The van der Waals surface area contributed by atoms with Gasteiger partial charge in [-0.1, -0.05) is 71.9 Å². The van der Waals surface area contributed by atoms with E-state index in [1.54, 1.807) is 0 Å². The summed E-state index contributed by atoms with van der Waals surface area (Å²) in [4.78, 5) is 19.9. The lowest BCUT2D eigenvalue weighted by atomic mass is 9.93. The van der Waals surface area contributed by atoms with Crippen molar-refractivity contribution in [3.05, 3.63) is 72.1 Å². The molecule has 6 heteroatoms. The molecule has 4 aromatic heterocycles. The molecule has 0 amide bonds. The van der Waals surface area contributed by atoms with Gasteiger partial charge in [-0.15, -0.1) is 0 Å². The second-order valence-corrected chi connectivity index (χ2v) is 12.9. The third-order valence-corrected chi connectivity index (χ3v) is 7.81. The minimum absolute atomic E-state index is 0.207. The molecule has 0 radical (unpaired) electrons. The van der Waals surface area contributed by atoms with Gasteiger partial charge >= 0.3 is 0 Å². The van der Waals surface area contributed by atoms with Crippen molar-refractivity contribution in [2.45, 2.75) is 59.3 Å². The highest BCUT2D eigenvalue weighted by Gasteiger charge is 2.28. The molecule has 0 unspecified atom stereocenters. The highest BCUT2D eigenvalue weighted by molar-refractivity contribution is 6.25. The van der Waals surface area contributed by atoms with Crippen LogP contribution in [0.5, 0.6) is 0 Å². The van der Waals surface area contributed by atoms with Crippen LogP contribution in [-0.2, 0) is 17.9 Å². The number of hydrogen-bond acceptors (Lipinski definition) is 4. The fraction of sp³-hybridized carbons (Fsp3) is 0.303. The average molecular weight is 514 g/mol. The quantitative estimate of drug-likeness (QED) is 0.135. The van der Waals surface area contributed by atoms with Crippen LogP contribution < -0.4 is 4.57 Å². The number of para-hydroxylation sites is 1. The van der Waals surface area contributed by atoms with E-state index in [-0.39, 0.29) is 10.8 Å². The Morgan fingerprint density at radius 1 is 0.744 bits per heavy atom. The molecule has 0 fully saturated rings. The summed E-state index contributed by atoms with van der Waals surface area (Å²) in [7, 11) is 2.09. The Morgan fingerprint density at radius 3 is 2.13 bits per heavy atom. The zero-order valence-electron chi connectivity index (χ0n) is 23.9. The van der Waals surface area contributed by atoms with Crippen LogP contribution in [-0.4, -0.2) is 24.3 Å². The van der Waals surface area contributed by atoms with Crippen LogP contribution in [0.1, 0.15) is 58.8 Å². The van der Waals surface area contributed by atoms with Crippen LogP contribution in [0.4, 0.5) is 0 Å². The third kappa shape index (κ3) is 3.37. The van der Waals surface area contributed by atoms with E-state index in [1.165, 1.54) is 38.3 Å². The Hall–Kier alpha value is -4.19. The van der Waals surface area contributed by atoms with Crippen molar-refractivity contribution in [1.29, 1.82) is 0 Å². The van der Waals surface area contributed by atoms with E-state index in [1.807, 2.05) is 6.33 Å². The van der Waals surface area contributed by atoms with E-state index < -0.39 is 0 Å². The maximum absolute atomic E-state index is 5.02. The van der Waals surface area contributed by atoms with Crippen molar-refractivity contribution in [2.24, 2.45) is 7.05 Å². The summed E-state index contributed by atoms with van der Waals surface area (Å²) in [6.07, 6.45) is 1.93. The Morgan fingerprint density at radius 2 is 1.44 bits per heavy atom. The summed E-state index contributed by atoms with van der Waals surface area (Å²) in [5.74, 6) is 2.29. The van der Waals surface area contributed by atoms with Crippen molar-refractivity contribution < 1.29 is 4.57 Å². The second kappa shape index (κ2) is 7.69. The largest absolute Gasteiger partial charge is 0.308 e. The molecule has 7 aromatic rings. The minimum Gasteiger partial charge on any atom is -0.308 e. The van der Waals surface area contributed by atoms with Gasteiger partial charge in [0.2, 0.25) is 0 Å². The molecule has 0 saturated heterocycles. The van der Waals surface area contributed by atoms with Gasteiger partial charge in [0.15, 0.2) is 11.3 Å². The molecule has 0 aliphatic heterocycles. The number of pyridine rings is 1. The van der Waals surface area contributed by atoms with E-state index in [0.717, 1.165) is 33.6 Å². The van der Waals surface area contributed by atoms with Gasteiger partial charge in [0.25, 0.3) is 6.33 Å². The first-order chi connectivity index (χ1) is 18.4. The van der Waals surface area contributed by atoms with Crippen molar-refractivity contribution in [1.82, 2.24) is 24.3 Å². The van der Waals surface area contributed by atoms with Crippen LogP contribution in [0.25, 0.3) is 60.5 Å². The molecule has 3 aromatic carbocycles. The molecule has 0 spiro atoms. The Balaban J connectivity index is 1.70. The molecule has 4 heterocycles. The van der Waals surface area contributed by atoms with Crippen molar-refractivity contribution >= 4 is 49.1 Å². The predicted molar refractivity (Wildman–Crippen MR) is 159 cm³/mol. The van der Waals surface area contributed by atoms with Crippen LogP contribution in [0.2, 0.25) is 0 Å². The Labute approximate surface area is 227 Å². The predicted octanol–water partition coefficient (Wildman–Crippen LogP) is 6.96. The number of hydrogen-bond donors (Lipinski definition) is 0. The summed E-state index contributed by atoms with van der Waals surface area (Å²) in [5.41, 5.74) is 7.47. The van der Waals surface area contributed by atoms with Crippen molar-refractivity contribution in [3.63, 3.8) is 0 Å². The van der Waals surface area contributed by atoms with Crippen LogP contribution in [0.3, 0.4) is 0 Å². The average Bonchev–Trinajstić information content (AvgIpc) is 3.22. The summed E-state index contributed by atoms with van der Waals surface area (Å²) in [6, 6.07) is 17.6. The van der Waals surface area contributed by atoms with Gasteiger partial charge in [0.1, 0.15) is 17.2 Å². The van der Waals surface area contributed by atoms with Crippen LogP contribution >= 0.6 is 0 Å². The smallest absolute Gasteiger partial charge is 0.287 e. The first kappa shape index (κ1) is 23.9.